The number of sulfonamides is 1. The van der Waals surface area contributed by atoms with Gasteiger partial charge in [0.05, 0.1) is 10.7 Å². The quantitative estimate of drug-likeness (QED) is 0.634. The Morgan fingerprint density at radius 2 is 2.15 bits per heavy atom. The first kappa shape index (κ1) is 12.8. The minimum absolute atomic E-state index is 0.0957. The second-order valence-corrected chi connectivity index (χ2v) is 5.37. The molecular formula is C7H16N2O2S2. The van der Waals surface area contributed by atoms with Crippen LogP contribution in [-0.2, 0) is 10.0 Å². The van der Waals surface area contributed by atoms with Gasteiger partial charge in [-0.15, -0.1) is 0 Å². The summed E-state index contributed by atoms with van der Waals surface area (Å²) in [6.07, 6.45) is 0.608. The van der Waals surface area contributed by atoms with Crippen LogP contribution in [0, 0.1) is 5.92 Å². The third kappa shape index (κ3) is 5.95. The molecular weight excluding hydrogens is 208 g/mol. The molecule has 0 aromatic rings. The fourth-order valence-corrected chi connectivity index (χ4v) is 1.96. The van der Waals surface area contributed by atoms with Crippen LogP contribution >= 0.6 is 12.2 Å². The van der Waals surface area contributed by atoms with Crippen molar-refractivity contribution < 1.29 is 8.42 Å². The number of hydrogen-bond donors (Lipinski definition) is 2. The largest absolute Gasteiger partial charge is 0.393 e. The van der Waals surface area contributed by atoms with E-state index in [1.165, 1.54) is 0 Å². The minimum Gasteiger partial charge on any atom is -0.393 e. The molecule has 6 heteroatoms. The van der Waals surface area contributed by atoms with E-state index in [1.807, 2.05) is 6.92 Å². The summed E-state index contributed by atoms with van der Waals surface area (Å²) in [7, 11) is -3.13. The maximum atomic E-state index is 11.2. The van der Waals surface area contributed by atoms with Crippen molar-refractivity contribution in [3.05, 3.63) is 0 Å². The lowest BCUT2D eigenvalue weighted by Crippen LogP contribution is -2.34. The molecule has 0 radical (unpaired) electrons. The molecule has 0 saturated heterocycles. The second-order valence-electron chi connectivity index (χ2n) is 2.97. The number of thiocarbonyl (C=S) groups is 1. The highest BCUT2D eigenvalue weighted by molar-refractivity contribution is 7.89. The second kappa shape index (κ2) is 5.51. The molecule has 0 rings (SSSR count). The monoisotopic (exact) mass is 224 g/mol. The summed E-state index contributed by atoms with van der Waals surface area (Å²) in [5.74, 6) is 0.0541. The van der Waals surface area contributed by atoms with E-state index in [2.05, 4.69) is 4.72 Å². The minimum atomic E-state index is -3.13. The topological polar surface area (TPSA) is 72.2 Å². The van der Waals surface area contributed by atoms with E-state index in [9.17, 15) is 8.42 Å². The number of rotatable bonds is 6. The van der Waals surface area contributed by atoms with Gasteiger partial charge in [0.1, 0.15) is 0 Å². The molecule has 0 aliphatic heterocycles. The van der Waals surface area contributed by atoms with Crippen LogP contribution in [0.3, 0.4) is 0 Å². The maximum absolute atomic E-state index is 11.2. The maximum Gasteiger partial charge on any atom is 0.211 e. The Hall–Kier alpha value is -0.200. The normalized spacial score (nSPS) is 14.0. The van der Waals surface area contributed by atoms with E-state index in [4.69, 9.17) is 18.0 Å². The van der Waals surface area contributed by atoms with Crippen molar-refractivity contribution >= 4 is 27.2 Å². The Morgan fingerprint density at radius 3 is 2.54 bits per heavy atom. The summed E-state index contributed by atoms with van der Waals surface area (Å²) in [5, 5.41) is 0. The predicted octanol–water partition coefficient (Wildman–Crippen LogP) is 0.238. The zero-order valence-corrected chi connectivity index (χ0v) is 9.54. The summed E-state index contributed by atoms with van der Waals surface area (Å²) >= 11 is 4.71. The van der Waals surface area contributed by atoms with Crippen LogP contribution in [0.25, 0.3) is 0 Å². The van der Waals surface area contributed by atoms with Crippen LogP contribution in [0.5, 0.6) is 0 Å². The average molecular weight is 224 g/mol. The van der Waals surface area contributed by atoms with E-state index in [0.29, 0.717) is 11.4 Å². The Bertz CT molecular complexity index is 262. The Kier molecular flexibility index (Phi) is 5.43. The summed E-state index contributed by atoms with van der Waals surface area (Å²) in [6, 6.07) is 0. The van der Waals surface area contributed by atoms with Crippen molar-refractivity contribution in [2.24, 2.45) is 11.7 Å². The summed E-state index contributed by atoms with van der Waals surface area (Å²) < 4.78 is 24.8. The van der Waals surface area contributed by atoms with Gasteiger partial charge in [0.25, 0.3) is 0 Å². The number of hydrogen-bond acceptors (Lipinski definition) is 3. The molecule has 0 heterocycles. The molecule has 0 saturated carbocycles. The first-order valence-corrected chi connectivity index (χ1v) is 6.21. The van der Waals surface area contributed by atoms with Crippen molar-refractivity contribution in [3.63, 3.8) is 0 Å². The summed E-state index contributed by atoms with van der Waals surface area (Å²) in [6.45, 7) is 3.89. The van der Waals surface area contributed by atoms with E-state index < -0.39 is 10.0 Å². The first-order valence-electron chi connectivity index (χ1n) is 4.15. The van der Waals surface area contributed by atoms with Gasteiger partial charge in [-0.2, -0.15) is 0 Å². The molecule has 78 valence electrons. The van der Waals surface area contributed by atoms with Crippen LogP contribution in [0.15, 0.2) is 0 Å². The van der Waals surface area contributed by atoms with Crippen molar-refractivity contribution in [2.45, 2.75) is 20.3 Å². The lowest BCUT2D eigenvalue weighted by atomic mass is 10.2. The Balaban J connectivity index is 3.95. The van der Waals surface area contributed by atoms with E-state index in [0.717, 1.165) is 0 Å². The van der Waals surface area contributed by atoms with Gasteiger partial charge in [-0.05, 0) is 6.42 Å². The third-order valence-corrected chi connectivity index (χ3v) is 3.52. The van der Waals surface area contributed by atoms with Crippen LogP contribution in [0.2, 0.25) is 0 Å². The van der Waals surface area contributed by atoms with Crippen molar-refractivity contribution in [2.75, 3.05) is 12.3 Å². The fourth-order valence-electron chi connectivity index (χ4n) is 0.693. The number of nitrogens with one attached hydrogen (secondary N) is 1. The lowest BCUT2D eigenvalue weighted by molar-refractivity contribution is 0.574. The van der Waals surface area contributed by atoms with Gasteiger partial charge in [0, 0.05) is 12.5 Å². The van der Waals surface area contributed by atoms with Gasteiger partial charge in [-0.1, -0.05) is 26.1 Å². The zero-order chi connectivity index (χ0) is 10.5. The molecule has 0 aromatic carbocycles. The summed E-state index contributed by atoms with van der Waals surface area (Å²) in [5.41, 5.74) is 5.34. The van der Waals surface area contributed by atoms with Gasteiger partial charge in [-0.25, -0.2) is 13.1 Å². The molecule has 0 aromatic heterocycles. The van der Waals surface area contributed by atoms with Gasteiger partial charge < -0.3 is 5.73 Å². The number of nitrogens with two attached hydrogens (primary N) is 1. The standard InChI is InChI=1S/C7H16N2O2S2/c1-3-4-13(10,11)9-5-6(2)7(8)12/h6,9H,3-5H2,1-2H3,(H2,8,12). The molecule has 13 heavy (non-hydrogen) atoms. The van der Waals surface area contributed by atoms with E-state index >= 15 is 0 Å². The molecule has 0 aliphatic rings. The molecule has 0 fully saturated rings. The van der Waals surface area contributed by atoms with Gasteiger partial charge in [0.15, 0.2) is 0 Å². The van der Waals surface area contributed by atoms with Crippen LogP contribution in [0.1, 0.15) is 20.3 Å². The predicted molar refractivity (Wildman–Crippen MR) is 58.0 cm³/mol. The van der Waals surface area contributed by atoms with Crippen LogP contribution < -0.4 is 10.5 Å². The smallest absolute Gasteiger partial charge is 0.211 e. The average Bonchev–Trinajstić information content (AvgIpc) is 2.00. The molecule has 1 atom stereocenters. The summed E-state index contributed by atoms with van der Waals surface area (Å²) in [4.78, 5) is 0.333. The Labute approximate surface area is 84.9 Å². The van der Waals surface area contributed by atoms with E-state index in [1.54, 1.807) is 6.92 Å². The van der Waals surface area contributed by atoms with Gasteiger partial charge in [-0.3, -0.25) is 0 Å². The van der Waals surface area contributed by atoms with Gasteiger partial charge in [0.2, 0.25) is 10.0 Å². The lowest BCUT2D eigenvalue weighted by Gasteiger charge is -2.10. The van der Waals surface area contributed by atoms with Crippen molar-refractivity contribution in [1.82, 2.24) is 4.72 Å². The highest BCUT2D eigenvalue weighted by atomic mass is 32.2. The molecule has 0 amide bonds. The molecule has 3 N–H and O–H groups in total. The van der Waals surface area contributed by atoms with Crippen molar-refractivity contribution in [1.29, 1.82) is 0 Å². The highest BCUT2D eigenvalue weighted by Gasteiger charge is 2.11. The SMILES string of the molecule is CCCS(=O)(=O)NCC(C)C(N)=S. The molecule has 4 nitrogen and oxygen atoms in total. The third-order valence-electron chi connectivity index (χ3n) is 1.57. The van der Waals surface area contributed by atoms with Crippen LogP contribution in [-0.4, -0.2) is 25.7 Å². The molecule has 0 spiro atoms. The molecule has 0 aliphatic carbocycles. The van der Waals surface area contributed by atoms with Crippen molar-refractivity contribution in [3.8, 4) is 0 Å². The first-order chi connectivity index (χ1) is 5.89. The fraction of sp³-hybridized carbons (Fsp3) is 0.857. The zero-order valence-electron chi connectivity index (χ0n) is 7.91. The van der Waals surface area contributed by atoms with Crippen LogP contribution in [0.4, 0.5) is 0 Å². The van der Waals surface area contributed by atoms with Gasteiger partial charge >= 0.3 is 0 Å². The highest BCUT2D eigenvalue weighted by Crippen LogP contribution is 1.95. The Morgan fingerprint density at radius 1 is 1.62 bits per heavy atom. The molecule has 0 bridgehead atoms. The van der Waals surface area contributed by atoms with E-state index in [-0.39, 0.29) is 18.2 Å². The molecule has 1 unspecified atom stereocenters.